The highest BCUT2D eigenvalue weighted by molar-refractivity contribution is 6.00. The third kappa shape index (κ3) is 4.90. The van der Waals surface area contributed by atoms with Crippen molar-refractivity contribution >= 4 is 34.3 Å². The van der Waals surface area contributed by atoms with Crippen LogP contribution in [0.25, 0.3) is 22.3 Å². The first-order valence-corrected chi connectivity index (χ1v) is 11.7. The minimum atomic E-state index is -4.55. The van der Waals surface area contributed by atoms with Gasteiger partial charge in [-0.1, -0.05) is 12.1 Å². The zero-order valence-electron chi connectivity index (χ0n) is 20.2. The minimum absolute atomic E-state index is 0.0583. The number of imidazole rings is 1. The summed E-state index contributed by atoms with van der Waals surface area (Å²) < 4.78 is 55.9. The largest absolute Gasteiger partial charge is 0.416 e. The lowest BCUT2D eigenvalue weighted by Crippen LogP contribution is -2.21. The second-order valence-corrected chi connectivity index (χ2v) is 8.76. The average molecular weight is 526 g/mol. The van der Waals surface area contributed by atoms with Gasteiger partial charge >= 0.3 is 12.2 Å². The van der Waals surface area contributed by atoms with Crippen molar-refractivity contribution < 1.29 is 22.4 Å². The number of rotatable bonds is 4. The number of urea groups is 1. The van der Waals surface area contributed by atoms with Gasteiger partial charge in [-0.05, 0) is 61.9 Å². The molecule has 2 amide bonds. The van der Waals surface area contributed by atoms with Crippen LogP contribution >= 0.6 is 0 Å². The summed E-state index contributed by atoms with van der Waals surface area (Å²) in [6, 6.07) is 7.39. The molecule has 2 aromatic heterocycles. The Bertz CT molecular complexity index is 1580. The maximum Gasteiger partial charge on any atom is 0.416 e. The van der Waals surface area contributed by atoms with Crippen molar-refractivity contribution in [2.24, 2.45) is 0 Å². The second kappa shape index (κ2) is 9.78. The van der Waals surface area contributed by atoms with Crippen LogP contribution in [0.1, 0.15) is 23.5 Å². The van der Waals surface area contributed by atoms with Crippen molar-refractivity contribution in [3.05, 3.63) is 77.6 Å². The summed E-state index contributed by atoms with van der Waals surface area (Å²) in [5.41, 5.74) is 8.19. The zero-order chi connectivity index (χ0) is 27.0. The number of carbonyl (C=O) groups is 1. The number of fused-ring (bicyclic) bond motifs is 1. The van der Waals surface area contributed by atoms with Crippen molar-refractivity contribution in [3.63, 3.8) is 0 Å². The Hall–Kier alpha value is -4.45. The van der Waals surface area contributed by atoms with Gasteiger partial charge in [0.05, 0.1) is 17.5 Å². The molecule has 5 N–H and O–H groups in total. The van der Waals surface area contributed by atoms with Gasteiger partial charge < -0.3 is 21.7 Å². The van der Waals surface area contributed by atoms with Crippen molar-refractivity contribution in [2.45, 2.75) is 19.5 Å². The smallest absolute Gasteiger partial charge is 0.382 e. The lowest BCUT2D eigenvalue weighted by atomic mass is 10.1. The van der Waals surface area contributed by atoms with Gasteiger partial charge in [-0.3, -0.25) is 4.40 Å². The lowest BCUT2D eigenvalue weighted by molar-refractivity contribution is -0.137. The molecule has 0 unspecified atom stereocenters. The topological polar surface area (TPSA) is 109 Å². The summed E-state index contributed by atoms with van der Waals surface area (Å²) >= 11 is 0. The number of alkyl halides is 3. The van der Waals surface area contributed by atoms with E-state index in [1.54, 1.807) is 13.1 Å². The van der Waals surface area contributed by atoms with Crippen LogP contribution in [0, 0.1) is 12.7 Å². The van der Waals surface area contributed by atoms with Gasteiger partial charge in [-0.2, -0.15) is 13.2 Å². The van der Waals surface area contributed by atoms with Gasteiger partial charge in [0.25, 0.3) is 0 Å². The molecule has 196 valence electrons. The van der Waals surface area contributed by atoms with E-state index >= 15 is 4.39 Å². The number of halogens is 4. The van der Waals surface area contributed by atoms with E-state index in [0.29, 0.717) is 17.0 Å². The Morgan fingerprint density at radius 1 is 1.13 bits per heavy atom. The predicted octanol–water partition coefficient (Wildman–Crippen LogP) is 5.47. The highest BCUT2D eigenvalue weighted by atomic mass is 19.4. The predicted molar refractivity (Wildman–Crippen MR) is 137 cm³/mol. The van der Waals surface area contributed by atoms with Crippen molar-refractivity contribution in [1.29, 1.82) is 0 Å². The van der Waals surface area contributed by atoms with E-state index in [9.17, 15) is 18.0 Å². The molecule has 0 fully saturated rings. The number of amides is 2. The number of hydrogen-bond donors (Lipinski definition) is 4. The molecule has 8 nitrogen and oxygen atoms in total. The standard InChI is InChI=1S/C26H23F4N7O/c1-14-34-22(23-24(31)33-13-21(37(14)23)15-7-9-32-10-8-15)19-6-5-18(12-20(19)27)36-25(38)35-17-4-2-3-16(11-17)26(28,29)30/h2-7,11-13,32H,8-10H2,1H3,(H2,31,33)(H2,35,36,38). The third-order valence-electron chi connectivity index (χ3n) is 6.18. The van der Waals surface area contributed by atoms with E-state index in [1.807, 2.05) is 4.40 Å². The number of benzene rings is 2. The van der Waals surface area contributed by atoms with Crippen LogP contribution in [0.5, 0.6) is 0 Å². The Balaban J connectivity index is 1.42. The van der Waals surface area contributed by atoms with Gasteiger partial charge in [0.15, 0.2) is 0 Å². The molecule has 4 aromatic rings. The summed E-state index contributed by atoms with van der Waals surface area (Å²) in [5.74, 6) is 0.134. The number of nitrogens with one attached hydrogen (secondary N) is 3. The first kappa shape index (κ1) is 25.2. The first-order valence-electron chi connectivity index (χ1n) is 11.7. The Morgan fingerprint density at radius 2 is 1.89 bits per heavy atom. The van der Waals surface area contributed by atoms with Crippen LogP contribution in [0.4, 0.5) is 39.5 Å². The number of hydrogen-bond acceptors (Lipinski definition) is 5. The van der Waals surface area contributed by atoms with E-state index in [2.05, 4.69) is 32.0 Å². The molecule has 2 aromatic carbocycles. The Kier molecular flexibility index (Phi) is 6.49. The van der Waals surface area contributed by atoms with Crippen LogP contribution < -0.4 is 21.7 Å². The number of nitrogen functional groups attached to an aromatic ring is 1. The highest BCUT2D eigenvalue weighted by Gasteiger charge is 2.30. The second-order valence-electron chi connectivity index (χ2n) is 8.76. The summed E-state index contributed by atoms with van der Waals surface area (Å²) in [4.78, 5) is 21.3. The van der Waals surface area contributed by atoms with Crippen LogP contribution in [0.15, 0.2) is 54.7 Å². The minimum Gasteiger partial charge on any atom is -0.382 e. The molecule has 1 aliphatic heterocycles. The normalized spacial score (nSPS) is 13.9. The molecule has 0 radical (unpaired) electrons. The summed E-state index contributed by atoms with van der Waals surface area (Å²) in [5, 5.41) is 8.01. The third-order valence-corrected chi connectivity index (χ3v) is 6.18. The van der Waals surface area contributed by atoms with E-state index in [-0.39, 0.29) is 22.8 Å². The number of aromatic nitrogens is 3. The Labute approximate surface area is 214 Å². The maximum absolute atomic E-state index is 15.3. The van der Waals surface area contributed by atoms with E-state index in [0.717, 1.165) is 49.0 Å². The van der Waals surface area contributed by atoms with Crippen LogP contribution in [0.3, 0.4) is 0 Å². The van der Waals surface area contributed by atoms with E-state index in [4.69, 9.17) is 5.73 Å². The maximum atomic E-state index is 15.3. The van der Waals surface area contributed by atoms with Crippen molar-refractivity contribution in [1.82, 2.24) is 19.7 Å². The van der Waals surface area contributed by atoms with Gasteiger partial charge in [0, 0.05) is 23.5 Å². The Morgan fingerprint density at radius 3 is 2.58 bits per heavy atom. The molecule has 12 heteroatoms. The fourth-order valence-corrected chi connectivity index (χ4v) is 4.43. The number of aryl methyl sites for hydroxylation is 1. The summed E-state index contributed by atoms with van der Waals surface area (Å²) in [6.45, 7) is 3.35. The van der Waals surface area contributed by atoms with Gasteiger partial charge in [-0.25, -0.2) is 19.2 Å². The van der Waals surface area contributed by atoms with Gasteiger partial charge in [0.1, 0.15) is 28.7 Å². The molecule has 38 heavy (non-hydrogen) atoms. The van der Waals surface area contributed by atoms with E-state index in [1.165, 1.54) is 24.3 Å². The van der Waals surface area contributed by atoms with Crippen molar-refractivity contribution in [3.8, 4) is 11.3 Å². The lowest BCUT2D eigenvalue weighted by Gasteiger charge is -2.16. The molecule has 0 saturated carbocycles. The molecule has 3 heterocycles. The monoisotopic (exact) mass is 525 g/mol. The molecular formula is C26H23F4N7O. The number of carbonyl (C=O) groups excluding carboxylic acids is 1. The quantitative estimate of drug-likeness (QED) is 0.265. The fourth-order valence-electron chi connectivity index (χ4n) is 4.43. The highest BCUT2D eigenvalue weighted by Crippen LogP contribution is 2.34. The molecule has 1 aliphatic rings. The molecule has 0 aliphatic carbocycles. The van der Waals surface area contributed by atoms with Crippen LogP contribution in [-0.2, 0) is 6.18 Å². The van der Waals surface area contributed by atoms with Gasteiger partial charge in [-0.15, -0.1) is 0 Å². The van der Waals surface area contributed by atoms with Crippen LogP contribution in [0.2, 0.25) is 0 Å². The molecule has 0 bridgehead atoms. The summed E-state index contributed by atoms with van der Waals surface area (Å²) in [7, 11) is 0. The molecular weight excluding hydrogens is 502 g/mol. The molecule has 0 spiro atoms. The fraction of sp³-hybridized carbons (Fsp3) is 0.192. The first-order chi connectivity index (χ1) is 18.1. The zero-order valence-corrected chi connectivity index (χ0v) is 20.2. The van der Waals surface area contributed by atoms with Gasteiger partial charge in [0.2, 0.25) is 0 Å². The SMILES string of the molecule is Cc1nc(-c2ccc(NC(=O)Nc3cccc(C(F)(F)F)c3)cc2F)c2c(N)ncc(C3=CCNCC3)n12. The number of nitrogens with two attached hydrogens (primary N) is 1. The number of anilines is 3. The molecule has 0 atom stereocenters. The summed E-state index contributed by atoms with van der Waals surface area (Å²) in [6.07, 6.45) is 0.00298. The number of nitrogens with zero attached hydrogens (tertiary/aromatic N) is 3. The van der Waals surface area contributed by atoms with E-state index < -0.39 is 23.6 Å². The average Bonchev–Trinajstić information content (AvgIpc) is 3.22. The van der Waals surface area contributed by atoms with Crippen LogP contribution in [-0.4, -0.2) is 33.5 Å². The molecule has 5 rings (SSSR count). The molecule has 0 saturated heterocycles. The van der Waals surface area contributed by atoms with Crippen molar-refractivity contribution in [2.75, 3.05) is 29.5 Å².